The van der Waals surface area contributed by atoms with Crippen molar-refractivity contribution < 1.29 is 0 Å². The molecular formula is C13H16N2S. The molecule has 84 valence electrons. The molecule has 1 aromatic carbocycles. The molecule has 2 aromatic rings. The minimum atomic E-state index is 0.533. The van der Waals surface area contributed by atoms with Crippen molar-refractivity contribution in [1.29, 1.82) is 0 Å². The summed E-state index contributed by atoms with van der Waals surface area (Å²) in [6.45, 7) is 2.70. The van der Waals surface area contributed by atoms with Crippen LogP contribution in [0.3, 0.4) is 0 Å². The van der Waals surface area contributed by atoms with Gasteiger partial charge in [0.25, 0.3) is 0 Å². The summed E-state index contributed by atoms with van der Waals surface area (Å²) in [6, 6.07) is 8.74. The number of hydrogen-bond donors (Lipinski definition) is 1. The van der Waals surface area contributed by atoms with Crippen molar-refractivity contribution in [2.75, 3.05) is 0 Å². The fourth-order valence-electron chi connectivity index (χ4n) is 1.59. The summed E-state index contributed by atoms with van der Waals surface area (Å²) in [5.74, 6) is 0. The van der Waals surface area contributed by atoms with Gasteiger partial charge in [0.05, 0.1) is 10.7 Å². The Balaban J connectivity index is 2.08. The summed E-state index contributed by atoms with van der Waals surface area (Å²) in [7, 11) is 0. The lowest BCUT2D eigenvalue weighted by molar-refractivity contribution is 0.982. The van der Waals surface area contributed by atoms with E-state index in [1.54, 1.807) is 11.3 Å². The van der Waals surface area contributed by atoms with Crippen LogP contribution in [0.5, 0.6) is 0 Å². The predicted molar refractivity (Wildman–Crippen MR) is 68.6 cm³/mol. The summed E-state index contributed by atoms with van der Waals surface area (Å²) in [5.41, 5.74) is 9.22. The normalized spacial score (nSPS) is 10.6. The van der Waals surface area contributed by atoms with Gasteiger partial charge in [-0.1, -0.05) is 31.2 Å². The Morgan fingerprint density at radius 3 is 2.44 bits per heavy atom. The van der Waals surface area contributed by atoms with Gasteiger partial charge < -0.3 is 5.73 Å². The zero-order valence-corrected chi connectivity index (χ0v) is 10.3. The van der Waals surface area contributed by atoms with Crippen LogP contribution < -0.4 is 5.73 Å². The SMILES string of the molecule is CCc1ccc(Cc2nc(CN)cs2)cc1. The molecule has 0 fully saturated rings. The van der Waals surface area contributed by atoms with Crippen molar-refractivity contribution in [2.45, 2.75) is 26.3 Å². The van der Waals surface area contributed by atoms with Crippen LogP contribution in [0, 0.1) is 0 Å². The molecule has 0 spiro atoms. The number of hydrogen-bond acceptors (Lipinski definition) is 3. The van der Waals surface area contributed by atoms with Gasteiger partial charge >= 0.3 is 0 Å². The first-order valence-electron chi connectivity index (χ1n) is 5.53. The lowest BCUT2D eigenvalue weighted by Crippen LogP contribution is -1.96. The summed E-state index contributed by atoms with van der Waals surface area (Å²) >= 11 is 1.69. The number of aryl methyl sites for hydroxylation is 1. The Labute approximate surface area is 100 Å². The monoisotopic (exact) mass is 232 g/mol. The minimum Gasteiger partial charge on any atom is -0.325 e. The molecule has 1 aromatic heterocycles. The highest BCUT2D eigenvalue weighted by molar-refractivity contribution is 7.09. The van der Waals surface area contributed by atoms with Crippen molar-refractivity contribution in [3.63, 3.8) is 0 Å². The van der Waals surface area contributed by atoms with Gasteiger partial charge in [0.15, 0.2) is 0 Å². The first kappa shape index (κ1) is 11.3. The van der Waals surface area contributed by atoms with E-state index in [2.05, 4.69) is 36.2 Å². The molecule has 0 amide bonds. The summed E-state index contributed by atoms with van der Waals surface area (Å²) < 4.78 is 0. The number of nitrogens with two attached hydrogens (primary N) is 1. The third-order valence-corrected chi connectivity index (χ3v) is 3.49. The van der Waals surface area contributed by atoms with E-state index in [1.165, 1.54) is 11.1 Å². The molecule has 2 rings (SSSR count). The van der Waals surface area contributed by atoms with Crippen LogP contribution in [-0.2, 0) is 19.4 Å². The van der Waals surface area contributed by atoms with Gasteiger partial charge in [-0.15, -0.1) is 11.3 Å². The maximum atomic E-state index is 5.54. The Hall–Kier alpha value is -1.19. The summed E-state index contributed by atoms with van der Waals surface area (Å²) in [4.78, 5) is 4.46. The molecule has 0 aliphatic heterocycles. The fraction of sp³-hybridized carbons (Fsp3) is 0.308. The van der Waals surface area contributed by atoms with Crippen molar-refractivity contribution in [1.82, 2.24) is 4.98 Å². The molecule has 1 heterocycles. The van der Waals surface area contributed by atoms with E-state index in [1.807, 2.05) is 5.38 Å². The molecule has 16 heavy (non-hydrogen) atoms. The van der Waals surface area contributed by atoms with E-state index in [-0.39, 0.29) is 0 Å². The second-order valence-corrected chi connectivity index (χ2v) is 4.73. The largest absolute Gasteiger partial charge is 0.325 e. The van der Waals surface area contributed by atoms with Crippen LogP contribution in [0.25, 0.3) is 0 Å². The molecule has 0 atom stereocenters. The second-order valence-electron chi connectivity index (χ2n) is 3.78. The lowest BCUT2D eigenvalue weighted by atomic mass is 10.1. The molecule has 3 heteroatoms. The van der Waals surface area contributed by atoms with Gasteiger partial charge in [-0.3, -0.25) is 0 Å². The van der Waals surface area contributed by atoms with Crippen molar-refractivity contribution >= 4 is 11.3 Å². The molecule has 2 nitrogen and oxygen atoms in total. The van der Waals surface area contributed by atoms with Gasteiger partial charge in [0.2, 0.25) is 0 Å². The Kier molecular flexibility index (Phi) is 3.70. The standard InChI is InChI=1S/C13H16N2S/c1-2-10-3-5-11(6-4-10)7-13-15-12(8-14)9-16-13/h3-6,9H,2,7-8,14H2,1H3. The first-order valence-corrected chi connectivity index (χ1v) is 6.41. The average molecular weight is 232 g/mol. The van der Waals surface area contributed by atoms with Crippen LogP contribution in [0.2, 0.25) is 0 Å². The van der Waals surface area contributed by atoms with E-state index >= 15 is 0 Å². The number of aromatic nitrogens is 1. The molecule has 0 aliphatic carbocycles. The smallest absolute Gasteiger partial charge is 0.0972 e. The Bertz CT molecular complexity index is 445. The number of benzene rings is 1. The molecule has 0 radical (unpaired) electrons. The molecule has 0 saturated carbocycles. The van der Waals surface area contributed by atoms with Crippen LogP contribution in [0.15, 0.2) is 29.6 Å². The molecular weight excluding hydrogens is 216 g/mol. The van der Waals surface area contributed by atoms with Gasteiger partial charge in [-0.2, -0.15) is 0 Å². The lowest BCUT2D eigenvalue weighted by Gasteiger charge is -2.00. The van der Waals surface area contributed by atoms with E-state index < -0.39 is 0 Å². The van der Waals surface area contributed by atoms with Crippen molar-refractivity contribution in [3.05, 3.63) is 51.5 Å². The van der Waals surface area contributed by atoms with E-state index in [4.69, 9.17) is 5.73 Å². The molecule has 0 unspecified atom stereocenters. The topological polar surface area (TPSA) is 38.9 Å². The van der Waals surface area contributed by atoms with Gasteiger partial charge in [-0.05, 0) is 17.5 Å². The number of nitrogens with zero attached hydrogens (tertiary/aromatic N) is 1. The maximum Gasteiger partial charge on any atom is 0.0972 e. The van der Waals surface area contributed by atoms with Crippen LogP contribution in [0.4, 0.5) is 0 Å². The molecule has 0 aliphatic rings. The first-order chi connectivity index (χ1) is 7.81. The van der Waals surface area contributed by atoms with Crippen LogP contribution in [-0.4, -0.2) is 4.98 Å². The Morgan fingerprint density at radius 1 is 1.19 bits per heavy atom. The van der Waals surface area contributed by atoms with Gasteiger partial charge in [-0.25, -0.2) is 4.98 Å². The average Bonchev–Trinajstić information content (AvgIpc) is 2.78. The Morgan fingerprint density at radius 2 is 1.88 bits per heavy atom. The van der Waals surface area contributed by atoms with Crippen LogP contribution >= 0.6 is 11.3 Å². The van der Waals surface area contributed by atoms with Crippen LogP contribution in [0.1, 0.15) is 28.8 Å². The fourth-order valence-corrected chi connectivity index (χ4v) is 2.43. The maximum absolute atomic E-state index is 5.54. The quantitative estimate of drug-likeness (QED) is 0.880. The molecule has 0 saturated heterocycles. The third-order valence-electron chi connectivity index (χ3n) is 2.60. The summed E-state index contributed by atoms with van der Waals surface area (Å²) in [5, 5.41) is 3.18. The van der Waals surface area contributed by atoms with E-state index in [9.17, 15) is 0 Å². The minimum absolute atomic E-state index is 0.533. The van der Waals surface area contributed by atoms with Gasteiger partial charge in [0, 0.05) is 18.3 Å². The zero-order valence-electron chi connectivity index (χ0n) is 9.44. The highest BCUT2D eigenvalue weighted by Crippen LogP contribution is 2.15. The third kappa shape index (κ3) is 2.68. The van der Waals surface area contributed by atoms with Crippen molar-refractivity contribution in [2.24, 2.45) is 5.73 Å². The molecule has 0 bridgehead atoms. The zero-order chi connectivity index (χ0) is 11.4. The highest BCUT2D eigenvalue weighted by Gasteiger charge is 2.02. The summed E-state index contributed by atoms with van der Waals surface area (Å²) in [6.07, 6.45) is 2.00. The predicted octanol–water partition coefficient (Wildman–Crippen LogP) is 2.76. The number of thiazole rings is 1. The van der Waals surface area contributed by atoms with Crippen molar-refractivity contribution in [3.8, 4) is 0 Å². The molecule has 2 N–H and O–H groups in total. The van der Waals surface area contributed by atoms with Gasteiger partial charge in [0.1, 0.15) is 0 Å². The second kappa shape index (κ2) is 5.23. The number of rotatable bonds is 4. The van der Waals surface area contributed by atoms with E-state index in [0.717, 1.165) is 23.5 Å². The highest BCUT2D eigenvalue weighted by atomic mass is 32.1. The van der Waals surface area contributed by atoms with E-state index in [0.29, 0.717) is 6.54 Å².